The Hall–Kier alpha value is -2.94. The highest BCUT2D eigenvalue weighted by molar-refractivity contribution is 7.92. The van der Waals surface area contributed by atoms with Gasteiger partial charge in [-0.25, -0.2) is 8.42 Å². The lowest BCUT2D eigenvalue weighted by Crippen LogP contribution is -2.27. The quantitative estimate of drug-likeness (QED) is 0.720. The molecular weight excluding hydrogens is 384 g/mol. The summed E-state index contributed by atoms with van der Waals surface area (Å²) in [5.41, 5.74) is 0.939. The number of carbonyl (C=O) groups is 1. The molecule has 8 nitrogen and oxygen atoms in total. The van der Waals surface area contributed by atoms with E-state index in [1.807, 2.05) is 0 Å². The molecule has 0 unspecified atom stereocenters. The average Bonchev–Trinajstić information content (AvgIpc) is 2.66. The molecule has 0 aliphatic rings. The Bertz CT molecular complexity index is 957. The number of anilines is 1. The van der Waals surface area contributed by atoms with E-state index in [1.165, 1.54) is 43.4 Å². The number of nitrogens with zero attached hydrogens (tertiary/aromatic N) is 1. The first-order chi connectivity index (χ1) is 13.2. The van der Waals surface area contributed by atoms with Crippen LogP contribution in [-0.2, 0) is 14.8 Å². The molecule has 0 atom stereocenters. The molecule has 2 aromatic rings. The van der Waals surface area contributed by atoms with Crippen molar-refractivity contribution in [2.24, 2.45) is 0 Å². The van der Waals surface area contributed by atoms with E-state index in [4.69, 9.17) is 14.2 Å². The normalized spacial score (nSPS) is 10.9. The SMILES string of the molecule is COc1ccc(NS(=O)(=O)c2ccc(OCC(=O)N(C)C)c(C)c2)cc1OC. The predicted octanol–water partition coefficient (Wildman–Crippen LogP) is 2.28. The summed E-state index contributed by atoms with van der Waals surface area (Å²) in [5, 5.41) is 0. The van der Waals surface area contributed by atoms with Crippen LogP contribution in [0, 0.1) is 6.92 Å². The van der Waals surface area contributed by atoms with E-state index in [9.17, 15) is 13.2 Å². The number of aryl methyl sites for hydroxylation is 1. The molecule has 0 fully saturated rings. The van der Waals surface area contributed by atoms with Crippen molar-refractivity contribution in [3.63, 3.8) is 0 Å². The Labute approximate surface area is 165 Å². The Morgan fingerprint density at radius 2 is 1.64 bits per heavy atom. The smallest absolute Gasteiger partial charge is 0.261 e. The summed E-state index contributed by atoms with van der Waals surface area (Å²) in [5.74, 6) is 1.16. The van der Waals surface area contributed by atoms with Gasteiger partial charge in [0.05, 0.1) is 24.8 Å². The zero-order valence-corrected chi connectivity index (χ0v) is 17.3. The Balaban J connectivity index is 2.19. The third-order valence-corrected chi connectivity index (χ3v) is 5.32. The van der Waals surface area contributed by atoms with E-state index < -0.39 is 10.0 Å². The summed E-state index contributed by atoms with van der Waals surface area (Å²) in [4.78, 5) is 13.1. The fourth-order valence-electron chi connectivity index (χ4n) is 2.33. The zero-order chi connectivity index (χ0) is 20.9. The Morgan fingerprint density at radius 3 is 2.21 bits per heavy atom. The fourth-order valence-corrected chi connectivity index (χ4v) is 3.47. The van der Waals surface area contributed by atoms with E-state index in [1.54, 1.807) is 33.2 Å². The number of hydrogen-bond acceptors (Lipinski definition) is 6. The number of rotatable bonds is 8. The van der Waals surface area contributed by atoms with Crippen molar-refractivity contribution >= 4 is 21.6 Å². The van der Waals surface area contributed by atoms with Gasteiger partial charge in [0, 0.05) is 20.2 Å². The molecule has 152 valence electrons. The molecule has 2 aromatic carbocycles. The van der Waals surface area contributed by atoms with Gasteiger partial charge < -0.3 is 19.1 Å². The van der Waals surface area contributed by atoms with E-state index in [0.29, 0.717) is 28.5 Å². The Morgan fingerprint density at radius 1 is 1.00 bits per heavy atom. The molecule has 1 N–H and O–H groups in total. The second kappa shape index (κ2) is 8.83. The highest BCUT2D eigenvalue weighted by Gasteiger charge is 2.17. The van der Waals surface area contributed by atoms with Crippen LogP contribution >= 0.6 is 0 Å². The van der Waals surface area contributed by atoms with Gasteiger partial charge in [0.2, 0.25) is 0 Å². The van der Waals surface area contributed by atoms with E-state index in [2.05, 4.69) is 4.72 Å². The van der Waals surface area contributed by atoms with Crippen LogP contribution in [0.5, 0.6) is 17.2 Å². The molecule has 0 saturated carbocycles. The van der Waals surface area contributed by atoms with Gasteiger partial charge in [0.1, 0.15) is 5.75 Å². The molecule has 0 heterocycles. The number of ether oxygens (including phenoxy) is 3. The third kappa shape index (κ3) is 5.07. The monoisotopic (exact) mass is 408 g/mol. The first kappa shape index (κ1) is 21.4. The van der Waals surface area contributed by atoms with Gasteiger partial charge in [-0.3, -0.25) is 9.52 Å². The largest absolute Gasteiger partial charge is 0.493 e. The first-order valence-electron chi connectivity index (χ1n) is 8.36. The highest BCUT2D eigenvalue weighted by atomic mass is 32.2. The molecule has 2 rings (SSSR count). The van der Waals surface area contributed by atoms with Crippen LogP contribution in [0.3, 0.4) is 0 Å². The van der Waals surface area contributed by atoms with Crippen molar-refractivity contribution in [3.05, 3.63) is 42.0 Å². The van der Waals surface area contributed by atoms with E-state index >= 15 is 0 Å². The number of methoxy groups -OCH3 is 2. The van der Waals surface area contributed by atoms with Crippen LogP contribution in [0.1, 0.15) is 5.56 Å². The lowest BCUT2D eigenvalue weighted by atomic mass is 10.2. The summed E-state index contributed by atoms with van der Waals surface area (Å²) in [6.07, 6.45) is 0. The van der Waals surface area contributed by atoms with Gasteiger partial charge >= 0.3 is 0 Å². The highest BCUT2D eigenvalue weighted by Crippen LogP contribution is 2.31. The van der Waals surface area contributed by atoms with E-state index in [0.717, 1.165) is 0 Å². The van der Waals surface area contributed by atoms with Crippen molar-refractivity contribution in [2.45, 2.75) is 11.8 Å². The van der Waals surface area contributed by atoms with Crippen LogP contribution in [0.2, 0.25) is 0 Å². The van der Waals surface area contributed by atoms with Crippen LogP contribution < -0.4 is 18.9 Å². The van der Waals surface area contributed by atoms with Crippen LogP contribution in [0.25, 0.3) is 0 Å². The average molecular weight is 408 g/mol. The number of carbonyl (C=O) groups excluding carboxylic acids is 1. The molecule has 0 aliphatic carbocycles. The molecule has 0 spiro atoms. The minimum absolute atomic E-state index is 0.0751. The second-order valence-electron chi connectivity index (χ2n) is 6.18. The van der Waals surface area contributed by atoms with Gasteiger partial charge in [0.15, 0.2) is 18.1 Å². The zero-order valence-electron chi connectivity index (χ0n) is 16.5. The van der Waals surface area contributed by atoms with Crippen LogP contribution in [0.4, 0.5) is 5.69 Å². The van der Waals surface area contributed by atoms with Gasteiger partial charge in [-0.2, -0.15) is 0 Å². The van der Waals surface area contributed by atoms with Crippen molar-refractivity contribution < 1.29 is 27.4 Å². The molecular formula is C19H24N2O6S. The molecule has 1 amide bonds. The van der Waals surface area contributed by atoms with Gasteiger partial charge in [0.25, 0.3) is 15.9 Å². The van der Waals surface area contributed by atoms with Gasteiger partial charge in [-0.1, -0.05) is 0 Å². The summed E-state index contributed by atoms with van der Waals surface area (Å²) in [7, 11) is 2.42. The van der Waals surface area contributed by atoms with E-state index in [-0.39, 0.29) is 17.4 Å². The van der Waals surface area contributed by atoms with Crippen molar-refractivity contribution in [3.8, 4) is 17.2 Å². The number of amides is 1. The minimum atomic E-state index is -3.82. The summed E-state index contributed by atoms with van der Waals surface area (Å²) in [6.45, 7) is 1.59. The lowest BCUT2D eigenvalue weighted by molar-refractivity contribution is -0.130. The number of benzene rings is 2. The lowest BCUT2D eigenvalue weighted by Gasteiger charge is -2.14. The maximum Gasteiger partial charge on any atom is 0.261 e. The van der Waals surface area contributed by atoms with Crippen molar-refractivity contribution in [2.75, 3.05) is 39.6 Å². The summed E-state index contributed by atoms with van der Waals surface area (Å²) >= 11 is 0. The standard InChI is InChI=1S/C19H24N2O6S/c1-13-10-15(7-9-16(13)27-12-19(22)21(2)3)28(23,24)20-14-6-8-17(25-4)18(11-14)26-5/h6-11,20H,12H2,1-5H3. The maximum atomic E-state index is 12.7. The molecule has 0 radical (unpaired) electrons. The molecule has 28 heavy (non-hydrogen) atoms. The van der Waals surface area contributed by atoms with Crippen LogP contribution in [0.15, 0.2) is 41.3 Å². The van der Waals surface area contributed by atoms with Gasteiger partial charge in [-0.05, 0) is 42.8 Å². The topological polar surface area (TPSA) is 94.2 Å². The number of nitrogens with one attached hydrogen (secondary N) is 1. The van der Waals surface area contributed by atoms with Crippen LogP contribution in [-0.4, -0.2) is 54.1 Å². The number of likely N-dealkylation sites (N-methyl/N-ethyl adjacent to an activating group) is 1. The van der Waals surface area contributed by atoms with Crippen molar-refractivity contribution in [1.29, 1.82) is 0 Å². The second-order valence-corrected chi connectivity index (χ2v) is 7.86. The van der Waals surface area contributed by atoms with Crippen molar-refractivity contribution in [1.82, 2.24) is 4.90 Å². The minimum Gasteiger partial charge on any atom is -0.493 e. The molecule has 0 saturated heterocycles. The molecule has 0 aromatic heterocycles. The number of hydrogen-bond donors (Lipinski definition) is 1. The Kier molecular flexibility index (Phi) is 6.74. The molecule has 9 heteroatoms. The van der Waals surface area contributed by atoms with Gasteiger partial charge in [-0.15, -0.1) is 0 Å². The summed E-state index contributed by atoms with van der Waals surface area (Å²) < 4.78 is 43.7. The number of sulfonamides is 1. The predicted molar refractivity (Wildman–Crippen MR) is 106 cm³/mol. The maximum absolute atomic E-state index is 12.7. The molecule has 0 bridgehead atoms. The third-order valence-electron chi connectivity index (χ3n) is 3.94. The summed E-state index contributed by atoms with van der Waals surface area (Å²) in [6, 6.07) is 9.16. The fraction of sp³-hybridized carbons (Fsp3) is 0.316. The molecule has 0 aliphatic heterocycles. The first-order valence-corrected chi connectivity index (χ1v) is 9.84.